The van der Waals surface area contributed by atoms with Crippen LogP contribution < -0.4 is 14.2 Å². The third kappa shape index (κ3) is 4.48. The summed E-state index contributed by atoms with van der Waals surface area (Å²) in [6.07, 6.45) is 1.46. The summed E-state index contributed by atoms with van der Waals surface area (Å²) in [5, 5.41) is 0. The maximum Gasteiger partial charge on any atom is 0.229 e. The maximum atomic E-state index is 12.7. The number of amides is 1. The topological polar surface area (TPSA) is 48.0 Å². The van der Waals surface area contributed by atoms with Gasteiger partial charge in [-0.1, -0.05) is 18.2 Å². The molecule has 5 heteroatoms. The molecule has 1 amide bonds. The molecule has 0 saturated carbocycles. The molecule has 0 spiro atoms. The molecule has 0 radical (unpaired) electrons. The molecule has 1 unspecified atom stereocenters. The fraction of sp³-hybridized carbons (Fsp3) is 0.381. The first-order valence-corrected chi connectivity index (χ1v) is 8.90. The Balaban J connectivity index is 1.47. The van der Waals surface area contributed by atoms with Gasteiger partial charge in [-0.3, -0.25) is 4.79 Å². The van der Waals surface area contributed by atoms with E-state index in [1.54, 1.807) is 12.0 Å². The monoisotopic (exact) mass is 355 g/mol. The van der Waals surface area contributed by atoms with Crippen LogP contribution in [0, 0.1) is 5.92 Å². The first-order chi connectivity index (χ1) is 12.7. The number of hydrogen-bond acceptors (Lipinski definition) is 4. The van der Waals surface area contributed by atoms with E-state index in [1.807, 2.05) is 55.6 Å². The fourth-order valence-electron chi connectivity index (χ4n) is 3.09. The zero-order valence-corrected chi connectivity index (χ0v) is 15.3. The van der Waals surface area contributed by atoms with Crippen LogP contribution in [0.1, 0.15) is 12.0 Å². The molecule has 1 atom stereocenters. The summed E-state index contributed by atoms with van der Waals surface area (Å²) >= 11 is 0. The van der Waals surface area contributed by atoms with Crippen LogP contribution in [0.15, 0.2) is 48.5 Å². The van der Waals surface area contributed by atoms with Gasteiger partial charge in [0.25, 0.3) is 0 Å². The van der Waals surface area contributed by atoms with Crippen molar-refractivity contribution in [1.29, 1.82) is 0 Å². The van der Waals surface area contributed by atoms with E-state index < -0.39 is 0 Å². The number of methoxy groups -OCH3 is 1. The zero-order chi connectivity index (χ0) is 18.4. The van der Waals surface area contributed by atoms with Gasteiger partial charge in [-0.05, 0) is 48.7 Å². The molecule has 0 N–H and O–H groups in total. The minimum Gasteiger partial charge on any atom is -0.497 e. The van der Waals surface area contributed by atoms with Gasteiger partial charge in [0.1, 0.15) is 23.9 Å². The number of para-hydroxylation sites is 1. The van der Waals surface area contributed by atoms with E-state index in [-0.39, 0.29) is 11.8 Å². The lowest BCUT2D eigenvalue weighted by molar-refractivity contribution is -0.135. The summed E-state index contributed by atoms with van der Waals surface area (Å²) in [5.74, 6) is 2.43. The molecule has 2 aromatic carbocycles. The Labute approximate surface area is 154 Å². The maximum absolute atomic E-state index is 12.7. The highest BCUT2D eigenvalue weighted by molar-refractivity contribution is 5.79. The number of carbonyl (C=O) groups excluding carboxylic acids is 1. The van der Waals surface area contributed by atoms with Gasteiger partial charge in [0, 0.05) is 13.6 Å². The lowest BCUT2D eigenvalue weighted by Crippen LogP contribution is -2.39. The smallest absolute Gasteiger partial charge is 0.229 e. The molecule has 0 aliphatic carbocycles. The van der Waals surface area contributed by atoms with Crippen LogP contribution in [0.25, 0.3) is 0 Å². The Morgan fingerprint density at radius 2 is 2.00 bits per heavy atom. The van der Waals surface area contributed by atoms with E-state index in [0.717, 1.165) is 29.2 Å². The third-order valence-corrected chi connectivity index (χ3v) is 4.55. The Bertz CT molecular complexity index is 732. The number of fused-ring (bicyclic) bond motifs is 1. The average Bonchev–Trinajstić information content (AvgIpc) is 2.70. The van der Waals surface area contributed by atoms with Crippen LogP contribution in [0.5, 0.6) is 17.2 Å². The molecule has 0 fully saturated rings. The summed E-state index contributed by atoms with van der Waals surface area (Å²) in [4.78, 5) is 14.5. The van der Waals surface area contributed by atoms with Gasteiger partial charge in [0.15, 0.2) is 0 Å². The van der Waals surface area contributed by atoms with Crippen molar-refractivity contribution in [3.8, 4) is 17.2 Å². The normalized spacial score (nSPS) is 15.5. The van der Waals surface area contributed by atoms with Crippen molar-refractivity contribution in [1.82, 2.24) is 4.90 Å². The molecule has 26 heavy (non-hydrogen) atoms. The van der Waals surface area contributed by atoms with Crippen molar-refractivity contribution in [2.45, 2.75) is 12.8 Å². The average molecular weight is 355 g/mol. The quantitative estimate of drug-likeness (QED) is 0.716. The van der Waals surface area contributed by atoms with E-state index >= 15 is 0 Å². The van der Waals surface area contributed by atoms with E-state index in [2.05, 4.69) is 0 Å². The number of benzene rings is 2. The van der Waals surface area contributed by atoms with Crippen LogP contribution in [0.4, 0.5) is 0 Å². The van der Waals surface area contributed by atoms with Crippen LogP contribution in [0.2, 0.25) is 0 Å². The van der Waals surface area contributed by atoms with Crippen LogP contribution in [-0.2, 0) is 11.2 Å². The molecule has 3 rings (SSSR count). The summed E-state index contributed by atoms with van der Waals surface area (Å²) in [6.45, 7) is 1.67. The number of carbonyl (C=O) groups is 1. The van der Waals surface area contributed by atoms with Gasteiger partial charge in [-0.15, -0.1) is 0 Å². The second-order valence-corrected chi connectivity index (χ2v) is 6.46. The lowest BCUT2D eigenvalue weighted by atomic mass is 9.95. The predicted octanol–water partition coefficient (Wildman–Crippen LogP) is 3.17. The standard InChI is InChI=1S/C21H25NO4/c1-22(11-6-12-25-18-7-4-3-5-8-18)21(23)17-13-16-14-19(24-2)9-10-20(16)26-15-17/h3-5,7-10,14,17H,6,11-13,15H2,1-2H3. The highest BCUT2D eigenvalue weighted by atomic mass is 16.5. The summed E-state index contributed by atoms with van der Waals surface area (Å²) in [5.41, 5.74) is 1.02. The van der Waals surface area contributed by atoms with E-state index in [1.165, 1.54) is 0 Å². The predicted molar refractivity (Wildman–Crippen MR) is 99.9 cm³/mol. The highest BCUT2D eigenvalue weighted by Crippen LogP contribution is 2.31. The molecular weight excluding hydrogens is 330 g/mol. The first kappa shape index (κ1) is 18.1. The Morgan fingerprint density at radius 3 is 2.77 bits per heavy atom. The molecule has 138 valence electrons. The van der Waals surface area contributed by atoms with E-state index in [0.29, 0.717) is 26.2 Å². The minimum atomic E-state index is -0.158. The molecule has 0 aromatic heterocycles. The van der Waals surface area contributed by atoms with Gasteiger partial charge in [-0.25, -0.2) is 0 Å². The van der Waals surface area contributed by atoms with Crippen LogP contribution in [0.3, 0.4) is 0 Å². The second-order valence-electron chi connectivity index (χ2n) is 6.46. The first-order valence-electron chi connectivity index (χ1n) is 8.90. The summed E-state index contributed by atoms with van der Waals surface area (Å²) in [7, 11) is 3.48. The van der Waals surface area contributed by atoms with Gasteiger partial charge in [0.2, 0.25) is 5.91 Å². The highest BCUT2D eigenvalue weighted by Gasteiger charge is 2.28. The molecule has 5 nitrogen and oxygen atoms in total. The van der Waals surface area contributed by atoms with Crippen LogP contribution >= 0.6 is 0 Å². The van der Waals surface area contributed by atoms with Gasteiger partial charge in [-0.2, -0.15) is 0 Å². The van der Waals surface area contributed by atoms with E-state index in [4.69, 9.17) is 14.2 Å². The molecule has 1 aliphatic heterocycles. The number of ether oxygens (including phenoxy) is 3. The van der Waals surface area contributed by atoms with Crippen molar-refractivity contribution >= 4 is 5.91 Å². The van der Waals surface area contributed by atoms with Gasteiger partial charge >= 0.3 is 0 Å². The van der Waals surface area contributed by atoms with Gasteiger partial charge < -0.3 is 19.1 Å². The molecule has 1 heterocycles. The third-order valence-electron chi connectivity index (χ3n) is 4.55. The number of hydrogen-bond donors (Lipinski definition) is 0. The summed E-state index contributed by atoms with van der Waals surface area (Å²) < 4.78 is 16.7. The van der Waals surface area contributed by atoms with Crippen LogP contribution in [-0.4, -0.2) is 44.7 Å². The number of rotatable bonds is 7. The molecule has 0 bridgehead atoms. The van der Waals surface area contributed by atoms with Crippen molar-refractivity contribution in [2.24, 2.45) is 5.92 Å². The van der Waals surface area contributed by atoms with E-state index in [9.17, 15) is 4.79 Å². The molecule has 2 aromatic rings. The summed E-state index contributed by atoms with van der Waals surface area (Å²) in [6, 6.07) is 15.4. The molecular formula is C21H25NO4. The minimum absolute atomic E-state index is 0.109. The van der Waals surface area contributed by atoms with Crippen molar-refractivity contribution in [3.05, 3.63) is 54.1 Å². The second kappa shape index (κ2) is 8.61. The fourth-order valence-corrected chi connectivity index (χ4v) is 3.09. The lowest BCUT2D eigenvalue weighted by Gasteiger charge is -2.28. The van der Waals surface area contributed by atoms with Crippen molar-refractivity contribution in [3.63, 3.8) is 0 Å². The Hall–Kier alpha value is -2.69. The largest absolute Gasteiger partial charge is 0.497 e. The number of nitrogens with zero attached hydrogens (tertiary/aromatic N) is 1. The Kier molecular flexibility index (Phi) is 6.00. The van der Waals surface area contributed by atoms with Crippen molar-refractivity contribution in [2.75, 3.05) is 33.9 Å². The Morgan fingerprint density at radius 1 is 1.19 bits per heavy atom. The molecule has 0 saturated heterocycles. The van der Waals surface area contributed by atoms with Crippen molar-refractivity contribution < 1.29 is 19.0 Å². The SMILES string of the molecule is COc1ccc2c(c1)CC(C(=O)N(C)CCCOc1ccccc1)CO2. The zero-order valence-electron chi connectivity index (χ0n) is 15.3. The van der Waals surface area contributed by atoms with Gasteiger partial charge in [0.05, 0.1) is 19.6 Å². The molecule has 1 aliphatic rings.